The van der Waals surface area contributed by atoms with Crippen LogP contribution in [0.15, 0.2) is 15.9 Å². The summed E-state index contributed by atoms with van der Waals surface area (Å²) in [7, 11) is 1.91. The second-order valence-electron chi connectivity index (χ2n) is 4.99. The number of nitrogens with zero attached hydrogens (tertiary/aromatic N) is 2. The van der Waals surface area contributed by atoms with Gasteiger partial charge in [-0.25, -0.2) is 0 Å². The summed E-state index contributed by atoms with van der Waals surface area (Å²) in [5, 5.41) is 9.26. The Bertz CT molecular complexity index is 423. The summed E-state index contributed by atoms with van der Waals surface area (Å²) in [5.41, 5.74) is 0. The maximum absolute atomic E-state index is 12.3. The Hall–Kier alpha value is -0.430. The van der Waals surface area contributed by atoms with Crippen LogP contribution in [-0.4, -0.2) is 53.6 Å². The highest BCUT2D eigenvalue weighted by Gasteiger charge is 2.15. The number of aliphatic hydroxyl groups is 1. The molecule has 1 aromatic heterocycles. The van der Waals surface area contributed by atoms with Gasteiger partial charge in [0.15, 0.2) is 0 Å². The summed E-state index contributed by atoms with van der Waals surface area (Å²) in [4.78, 5) is 17.3. The minimum atomic E-state index is -0.321. The molecule has 0 aliphatic rings. The highest BCUT2D eigenvalue weighted by Crippen LogP contribution is 2.23. The SMILES string of the molecule is CCN(Cc1ccc(Br)s1)C(=O)CN(C)CCC(C)O. The van der Waals surface area contributed by atoms with Gasteiger partial charge >= 0.3 is 0 Å². The Kier molecular flexibility index (Phi) is 7.72. The highest BCUT2D eigenvalue weighted by atomic mass is 79.9. The number of hydrogen-bond acceptors (Lipinski definition) is 4. The van der Waals surface area contributed by atoms with E-state index in [2.05, 4.69) is 15.9 Å². The maximum Gasteiger partial charge on any atom is 0.237 e. The van der Waals surface area contributed by atoms with Gasteiger partial charge in [0.05, 0.1) is 23.0 Å². The van der Waals surface area contributed by atoms with Gasteiger partial charge in [-0.05, 0) is 55.4 Å². The molecule has 20 heavy (non-hydrogen) atoms. The van der Waals surface area contributed by atoms with Crippen LogP contribution in [0.4, 0.5) is 0 Å². The predicted molar refractivity (Wildman–Crippen MR) is 86.9 cm³/mol. The Balaban J connectivity index is 2.46. The van der Waals surface area contributed by atoms with Gasteiger partial charge in [-0.3, -0.25) is 9.69 Å². The first kappa shape index (κ1) is 17.6. The largest absolute Gasteiger partial charge is 0.393 e. The smallest absolute Gasteiger partial charge is 0.237 e. The molecule has 0 radical (unpaired) electrons. The monoisotopic (exact) mass is 362 g/mol. The number of thiophene rings is 1. The lowest BCUT2D eigenvalue weighted by molar-refractivity contribution is -0.132. The molecule has 6 heteroatoms. The number of aliphatic hydroxyl groups excluding tert-OH is 1. The normalized spacial score (nSPS) is 12.7. The number of hydrogen-bond donors (Lipinski definition) is 1. The molecule has 1 heterocycles. The van der Waals surface area contributed by atoms with Crippen LogP contribution >= 0.6 is 27.3 Å². The number of halogens is 1. The molecule has 0 saturated heterocycles. The van der Waals surface area contributed by atoms with Crippen molar-refractivity contribution >= 4 is 33.2 Å². The Morgan fingerprint density at radius 3 is 2.70 bits per heavy atom. The van der Waals surface area contributed by atoms with Crippen molar-refractivity contribution in [2.45, 2.75) is 32.9 Å². The van der Waals surface area contributed by atoms with Crippen LogP contribution in [0.3, 0.4) is 0 Å². The van der Waals surface area contributed by atoms with Crippen molar-refractivity contribution in [1.82, 2.24) is 9.80 Å². The number of carbonyl (C=O) groups is 1. The summed E-state index contributed by atoms with van der Waals surface area (Å²) in [6, 6.07) is 4.05. The second-order valence-corrected chi connectivity index (χ2v) is 7.54. The average Bonchev–Trinajstić information content (AvgIpc) is 2.79. The fraction of sp³-hybridized carbons (Fsp3) is 0.643. The van der Waals surface area contributed by atoms with Crippen molar-refractivity contribution in [3.63, 3.8) is 0 Å². The molecule has 1 amide bonds. The molecule has 1 rings (SSSR count). The van der Waals surface area contributed by atoms with Gasteiger partial charge in [0, 0.05) is 18.0 Å². The molecule has 0 saturated carbocycles. The van der Waals surface area contributed by atoms with Gasteiger partial charge < -0.3 is 10.0 Å². The molecule has 0 bridgehead atoms. The van der Waals surface area contributed by atoms with E-state index < -0.39 is 0 Å². The van der Waals surface area contributed by atoms with E-state index in [4.69, 9.17) is 0 Å². The van der Waals surface area contributed by atoms with Crippen molar-refractivity contribution in [2.24, 2.45) is 0 Å². The minimum absolute atomic E-state index is 0.130. The average molecular weight is 363 g/mol. The van der Waals surface area contributed by atoms with Gasteiger partial charge in [0.1, 0.15) is 0 Å². The van der Waals surface area contributed by atoms with E-state index in [1.54, 1.807) is 18.3 Å². The van der Waals surface area contributed by atoms with Gasteiger partial charge in [-0.15, -0.1) is 11.3 Å². The van der Waals surface area contributed by atoms with Crippen molar-refractivity contribution < 1.29 is 9.90 Å². The van der Waals surface area contributed by atoms with Crippen LogP contribution < -0.4 is 0 Å². The first-order valence-corrected chi connectivity index (χ1v) is 8.42. The molecule has 0 fully saturated rings. The standard InChI is InChI=1S/C14H23BrN2O2S/c1-4-17(9-12-5-6-13(15)20-12)14(19)10-16(3)8-7-11(2)18/h5-6,11,18H,4,7-10H2,1-3H3. The number of likely N-dealkylation sites (N-methyl/N-ethyl adjacent to an activating group) is 2. The molecule has 114 valence electrons. The lowest BCUT2D eigenvalue weighted by atomic mass is 10.2. The predicted octanol–water partition coefficient (Wildman–Crippen LogP) is 2.56. The fourth-order valence-corrected chi connectivity index (χ4v) is 3.32. The van der Waals surface area contributed by atoms with E-state index in [0.29, 0.717) is 26.1 Å². The first-order valence-electron chi connectivity index (χ1n) is 6.81. The summed E-state index contributed by atoms with van der Waals surface area (Å²) in [5.74, 6) is 0.130. The van der Waals surface area contributed by atoms with Crippen LogP contribution in [0.5, 0.6) is 0 Å². The van der Waals surface area contributed by atoms with E-state index in [1.807, 2.05) is 35.9 Å². The Morgan fingerprint density at radius 2 is 2.20 bits per heavy atom. The molecule has 4 nitrogen and oxygen atoms in total. The second kappa shape index (κ2) is 8.77. The molecular weight excluding hydrogens is 340 g/mol. The third kappa shape index (κ3) is 6.35. The van der Waals surface area contributed by atoms with Gasteiger partial charge in [-0.2, -0.15) is 0 Å². The topological polar surface area (TPSA) is 43.8 Å². The molecular formula is C14H23BrN2O2S. The molecule has 0 aliphatic heterocycles. The molecule has 0 spiro atoms. The molecule has 0 aliphatic carbocycles. The van der Waals surface area contributed by atoms with Crippen LogP contribution in [0.2, 0.25) is 0 Å². The van der Waals surface area contributed by atoms with Crippen molar-refractivity contribution in [1.29, 1.82) is 0 Å². The Morgan fingerprint density at radius 1 is 1.50 bits per heavy atom. The minimum Gasteiger partial charge on any atom is -0.393 e. The van der Waals surface area contributed by atoms with Gasteiger partial charge in [0.2, 0.25) is 5.91 Å². The summed E-state index contributed by atoms with van der Waals surface area (Å²) in [6.07, 6.45) is 0.367. The maximum atomic E-state index is 12.3. The van der Waals surface area contributed by atoms with Crippen LogP contribution in [0, 0.1) is 0 Å². The number of rotatable bonds is 8. The van der Waals surface area contributed by atoms with Crippen LogP contribution in [0.1, 0.15) is 25.1 Å². The highest BCUT2D eigenvalue weighted by molar-refractivity contribution is 9.11. The first-order chi connectivity index (χ1) is 9.42. The zero-order valence-corrected chi connectivity index (χ0v) is 14.7. The van der Waals surface area contributed by atoms with Crippen LogP contribution in [-0.2, 0) is 11.3 Å². The fourth-order valence-electron chi connectivity index (χ4n) is 1.82. The molecule has 1 aromatic rings. The van der Waals surface area contributed by atoms with E-state index in [0.717, 1.165) is 10.3 Å². The zero-order valence-electron chi connectivity index (χ0n) is 12.3. The Labute approximate surface area is 133 Å². The van der Waals surface area contributed by atoms with Crippen molar-refractivity contribution in [2.75, 3.05) is 26.7 Å². The molecule has 0 aromatic carbocycles. The van der Waals surface area contributed by atoms with Crippen LogP contribution in [0.25, 0.3) is 0 Å². The van der Waals surface area contributed by atoms with E-state index in [-0.39, 0.29) is 12.0 Å². The molecule has 1 unspecified atom stereocenters. The van der Waals surface area contributed by atoms with Crippen molar-refractivity contribution in [3.05, 3.63) is 20.8 Å². The molecule has 1 N–H and O–H groups in total. The summed E-state index contributed by atoms with van der Waals surface area (Å²) < 4.78 is 1.09. The zero-order chi connectivity index (χ0) is 15.1. The number of carbonyl (C=O) groups excluding carboxylic acids is 1. The number of amides is 1. The van der Waals surface area contributed by atoms with Crippen molar-refractivity contribution in [3.8, 4) is 0 Å². The molecule has 1 atom stereocenters. The third-order valence-electron chi connectivity index (χ3n) is 3.04. The lowest BCUT2D eigenvalue weighted by Gasteiger charge is -2.24. The summed E-state index contributed by atoms with van der Waals surface area (Å²) >= 11 is 5.10. The lowest BCUT2D eigenvalue weighted by Crippen LogP contribution is -2.39. The van der Waals surface area contributed by atoms with E-state index >= 15 is 0 Å². The third-order valence-corrected chi connectivity index (χ3v) is 4.65. The summed E-state index contributed by atoms with van der Waals surface area (Å²) in [6.45, 7) is 6.26. The van der Waals surface area contributed by atoms with E-state index in [9.17, 15) is 9.90 Å². The van der Waals surface area contributed by atoms with Gasteiger partial charge in [0.25, 0.3) is 0 Å². The van der Waals surface area contributed by atoms with E-state index in [1.165, 1.54) is 4.88 Å². The quantitative estimate of drug-likeness (QED) is 0.772. The van der Waals surface area contributed by atoms with Gasteiger partial charge in [-0.1, -0.05) is 0 Å².